The third-order valence-corrected chi connectivity index (χ3v) is 3.05. The molecule has 0 aliphatic rings. The Morgan fingerprint density at radius 2 is 2.24 bits per heavy atom. The van der Waals surface area contributed by atoms with Crippen LogP contribution in [0.15, 0.2) is 26.8 Å². The molecule has 0 aliphatic carbocycles. The Hall–Kier alpha value is -2.49. The van der Waals surface area contributed by atoms with Crippen LogP contribution in [-0.2, 0) is 4.74 Å². The first-order valence-electron chi connectivity index (χ1n) is 5.81. The quantitative estimate of drug-likeness (QED) is 0.463. The van der Waals surface area contributed by atoms with Crippen molar-refractivity contribution >= 4 is 23.4 Å². The predicted octanol–water partition coefficient (Wildman–Crippen LogP) is 2.01. The minimum atomic E-state index is -0.747. The minimum Gasteiger partial charge on any atom is -0.459 e. The number of carbonyl (C=O) groups is 1. The van der Waals surface area contributed by atoms with Gasteiger partial charge in [0.25, 0.3) is 5.22 Å². The molecule has 0 saturated heterocycles. The summed E-state index contributed by atoms with van der Waals surface area (Å²) < 4.78 is 9.78. The molecule has 2 aromatic rings. The summed E-state index contributed by atoms with van der Waals surface area (Å²) in [5.41, 5.74) is 0.426. The minimum absolute atomic E-state index is 0.0285. The Morgan fingerprint density at radius 1 is 1.48 bits per heavy atom. The van der Waals surface area contributed by atoms with Gasteiger partial charge in [0.2, 0.25) is 0 Å². The van der Waals surface area contributed by atoms with Crippen molar-refractivity contribution in [1.29, 1.82) is 0 Å². The van der Waals surface area contributed by atoms with E-state index in [1.807, 2.05) is 0 Å². The van der Waals surface area contributed by atoms with Crippen LogP contribution >= 0.6 is 11.8 Å². The molecular formula is C11H10N4O5S. The first kappa shape index (κ1) is 14.9. The SMILES string of the molecule is CCOC(=O)c1nnc(Sc2nc(C)ccc2[N+](=O)[O-])o1. The molecule has 0 aliphatic heterocycles. The van der Waals surface area contributed by atoms with Crippen LogP contribution in [0.5, 0.6) is 0 Å². The van der Waals surface area contributed by atoms with Gasteiger partial charge in [0.15, 0.2) is 5.03 Å². The molecule has 0 unspecified atom stereocenters. The standard InChI is InChI=1S/C11H10N4O5S/c1-3-19-10(16)8-13-14-11(20-8)21-9-7(15(17)18)5-4-6(2)12-9/h4-5H,3H2,1-2H3. The molecular weight excluding hydrogens is 300 g/mol. The summed E-state index contributed by atoms with van der Waals surface area (Å²) in [5, 5.41) is 18.2. The van der Waals surface area contributed by atoms with Gasteiger partial charge < -0.3 is 9.15 Å². The van der Waals surface area contributed by atoms with Gasteiger partial charge in [-0.05, 0) is 31.7 Å². The zero-order valence-corrected chi connectivity index (χ0v) is 11.9. The molecule has 0 fully saturated rings. The molecule has 0 saturated carbocycles. The van der Waals surface area contributed by atoms with Crippen molar-refractivity contribution < 1.29 is 18.9 Å². The van der Waals surface area contributed by atoms with Gasteiger partial charge in [-0.1, -0.05) is 5.10 Å². The first-order chi connectivity index (χ1) is 10.0. The molecule has 0 radical (unpaired) electrons. The van der Waals surface area contributed by atoms with E-state index >= 15 is 0 Å². The molecule has 2 aromatic heterocycles. The lowest BCUT2D eigenvalue weighted by atomic mass is 10.3. The lowest BCUT2D eigenvalue weighted by Gasteiger charge is -1.99. The third kappa shape index (κ3) is 3.54. The summed E-state index contributed by atoms with van der Waals surface area (Å²) in [4.78, 5) is 25.8. The number of nitrogens with zero attached hydrogens (tertiary/aromatic N) is 4. The zero-order valence-electron chi connectivity index (χ0n) is 11.1. The molecule has 0 amide bonds. The Morgan fingerprint density at radius 3 is 2.90 bits per heavy atom. The number of ether oxygens (including phenoxy) is 1. The molecule has 0 bridgehead atoms. The fourth-order valence-electron chi connectivity index (χ4n) is 1.35. The highest BCUT2D eigenvalue weighted by molar-refractivity contribution is 7.99. The highest BCUT2D eigenvalue weighted by Gasteiger charge is 2.21. The van der Waals surface area contributed by atoms with E-state index in [-0.39, 0.29) is 28.4 Å². The molecule has 2 heterocycles. The van der Waals surface area contributed by atoms with Gasteiger partial charge in [-0.25, -0.2) is 9.78 Å². The summed E-state index contributed by atoms with van der Waals surface area (Å²) in [7, 11) is 0. The van der Waals surface area contributed by atoms with E-state index in [1.165, 1.54) is 12.1 Å². The Kier molecular flexibility index (Phi) is 4.48. The number of hydrogen-bond acceptors (Lipinski definition) is 9. The van der Waals surface area contributed by atoms with Crippen LogP contribution in [0, 0.1) is 17.0 Å². The topological polar surface area (TPSA) is 121 Å². The van der Waals surface area contributed by atoms with E-state index < -0.39 is 10.9 Å². The Bertz CT molecular complexity index is 687. The summed E-state index contributed by atoms with van der Waals surface area (Å²) in [6.07, 6.45) is 0. The lowest BCUT2D eigenvalue weighted by molar-refractivity contribution is -0.388. The van der Waals surface area contributed by atoms with Gasteiger partial charge in [-0.3, -0.25) is 10.1 Å². The van der Waals surface area contributed by atoms with Gasteiger partial charge in [0.1, 0.15) is 0 Å². The largest absolute Gasteiger partial charge is 0.459 e. The van der Waals surface area contributed by atoms with E-state index in [0.29, 0.717) is 5.69 Å². The normalized spacial score (nSPS) is 10.4. The third-order valence-electron chi connectivity index (χ3n) is 2.22. The Labute approximate surface area is 122 Å². The zero-order chi connectivity index (χ0) is 15.4. The molecule has 0 aromatic carbocycles. The summed E-state index contributed by atoms with van der Waals surface area (Å²) in [5.74, 6) is -1.06. The first-order valence-corrected chi connectivity index (χ1v) is 6.63. The second-order valence-electron chi connectivity index (χ2n) is 3.73. The molecule has 0 spiro atoms. The van der Waals surface area contributed by atoms with Gasteiger partial charge in [-0.2, -0.15) is 0 Å². The van der Waals surface area contributed by atoms with Crippen molar-refractivity contribution in [1.82, 2.24) is 15.2 Å². The van der Waals surface area contributed by atoms with Crippen LogP contribution in [-0.4, -0.2) is 32.7 Å². The van der Waals surface area contributed by atoms with Crippen molar-refractivity contribution in [2.45, 2.75) is 24.1 Å². The van der Waals surface area contributed by atoms with Gasteiger partial charge >= 0.3 is 17.5 Å². The van der Waals surface area contributed by atoms with Crippen molar-refractivity contribution in [3.05, 3.63) is 33.8 Å². The lowest BCUT2D eigenvalue weighted by Crippen LogP contribution is -2.04. The fraction of sp³-hybridized carbons (Fsp3) is 0.273. The molecule has 21 heavy (non-hydrogen) atoms. The van der Waals surface area contributed by atoms with E-state index in [9.17, 15) is 14.9 Å². The Balaban J connectivity index is 2.24. The van der Waals surface area contributed by atoms with Crippen LogP contribution in [0.4, 0.5) is 5.69 Å². The molecule has 2 rings (SSSR count). The van der Waals surface area contributed by atoms with Crippen LogP contribution in [0.25, 0.3) is 0 Å². The number of pyridine rings is 1. The number of aromatic nitrogens is 3. The van der Waals surface area contributed by atoms with Gasteiger partial charge in [-0.15, -0.1) is 5.10 Å². The van der Waals surface area contributed by atoms with Crippen molar-refractivity contribution in [2.75, 3.05) is 6.61 Å². The second kappa shape index (κ2) is 6.31. The highest BCUT2D eigenvalue weighted by atomic mass is 32.2. The van der Waals surface area contributed by atoms with Crippen LogP contribution < -0.4 is 0 Å². The highest BCUT2D eigenvalue weighted by Crippen LogP contribution is 2.32. The smallest absolute Gasteiger partial charge is 0.396 e. The van der Waals surface area contributed by atoms with Crippen LogP contribution in [0.2, 0.25) is 0 Å². The molecule has 9 nitrogen and oxygen atoms in total. The van der Waals surface area contributed by atoms with E-state index in [0.717, 1.165) is 11.8 Å². The molecule has 0 N–H and O–H groups in total. The maximum absolute atomic E-state index is 11.4. The predicted molar refractivity (Wildman–Crippen MR) is 70.0 cm³/mol. The van der Waals surface area contributed by atoms with Gasteiger partial charge in [0.05, 0.1) is 11.5 Å². The summed E-state index contributed by atoms with van der Waals surface area (Å²) in [6, 6.07) is 2.87. The summed E-state index contributed by atoms with van der Waals surface area (Å²) >= 11 is 0.812. The molecule has 0 atom stereocenters. The van der Waals surface area contributed by atoms with Crippen molar-refractivity contribution in [3.8, 4) is 0 Å². The monoisotopic (exact) mass is 310 g/mol. The van der Waals surface area contributed by atoms with Gasteiger partial charge in [0, 0.05) is 11.8 Å². The van der Waals surface area contributed by atoms with E-state index in [4.69, 9.17) is 9.15 Å². The number of esters is 1. The molecule has 10 heteroatoms. The number of aryl methyl sites for hydroxylation is 1. The van der Waals surface area contributed by atoms with E-state index in [1.54, 1.807) is 13.8 Å². The van der Waals surface area contributed by atoms with Crippen molar-refractivity contribution in [3.63, 3.8) is 0 Å². The number of rotatable bonds is 5. The van der Waals surface area contributed by atoms with Crippen molar-refractivity contribution in [2.24, 2.45) is 0 Å². The van der Waals surface area contributed by atoms with Crippen LogP contribution in [0.1, 0.15) is 23.3 Å². The number of nitro groups is 1. The average molecular weight is 310 g/mol. The fourth-order valence-corrected chi connectivity index (χ4v) is 2.15. The van der Waals surface area contributed by atoms with E-state index in [2.05, 4.69) is 15.2 Å². The number of carbonyl (C=O) groups excluding carboxylic acids is 1. The number of hydrogen-bond donors (Lipinski definition) is 0. The maximum atomic E-state index is 11.4. The van der Waals surface area contributed by atoms with Crippen LogP contribution in [0.3, 0.4) is 0 Å². The average Bonchev–Trinajstić information content (AvgIpc) is 2.87. The maximum Gasteiger partial charge on any atom is 0.396 e. The molecule has 110 valence electrons. The summed E-state index contributed by atoms with van der Waals surface area (Å²) in [6.45, 7) is 3.52. The second-order valence-corrected chi connectivity index (χ2v) is 4.67.